The first kappa shape index (κ1) is 11.7. The van der Waals surface area contributed by atoms with Gasteiger partial charge in [0.15, 0.2) is 0 Å². The molecule has 15 heavy (non-hydrogen) atoms. The molecule has 0 aliphatic rings. The van der Waals surface area contributed by atoms with Crippen LogP contribution in [0.25, 0.3) is 0 Å². The summed E-state index contributed by atoms with van der Waals surface area (Å²) in [7, 11) is 0. The number of pyridine rings is 1. The summed E-state index contributed by atoms with van der Waals surface area (Å²) in [4.78, 5) is 15.4. The molecule has 0 radical (unpaired) electrons. The molecule has 1 heterocycles. The van der Waals surface area contributed by atoms with Crippen LogP contribution < -0.4 is 11.1 Å². The number of nitrogens with zero attached hydrogens (tertiary/aromatic N) is 1. The van der Waals surface area contributed by atoms with Crippen LogP contribution in [0.15, 0.2) is 24.5 Å². The molecule has 0 spiro atoms. The fraction of sp³-hybridized carbons (Fsp3) is 0.455. The minimum Gasteiger partial charge on any atom is -0.348 e. The molecule has 1 aromatic rings. The van der Waals surface area contributed by atoms with Gasteiger partial charge >= 0.3 is 0 Å². The second-order valence-corrected chi connectivity index (χ2v) is 3.53. The van der Waals surface area contributed by atoms with E-state index in [1.165, 1.54) is 0 Å². The first-order valence-electron chi connectivity index (χ1n) is 5.11. The molecule has 1 amide bonds. The zero-order chi connectivity index (χ0) is 11.3. The van der Waals surface area contributed by atoms with Crippen molar-refractivity contribution in [2.75, 3.05) is 0 Å². The molecule has 0 fully saturated rings. The molecule has 4 heteroatoms. The van der Waals surface area contributed by atoms with Gasteiger partial charge in [-0.25, -0.2) is 0 Å². The molecule has 0 aliphatic heterocycles. The molecule has 0 saturated heterocycles. The van der Waals surface area contributed by atoms with Gasteiger partial charge in [-0.15, -0.1) is 0 Å². The van der Waals surface area contributed by atoms with Gasteiger partial charge in [0.2, 0.25) is 5.91 Å². The summed E-state index contributed by atoms with van der Waals surface area (Å²) in [6.07, 6.45) is 4.06. The topological polar surface area (TPSA) is 68.0 Å². The number of nitrogens with two attached hydrogens (primary N) is 1. The van der Waals surface area contributed by atoms with E-state index in [0.29, 0.717) is 6.42 Å². The quantitative estimate of drug-likeness (QED) is 0.773. The lowest BCUT2D eigenvalue weighted by Gasteiger charge is -2.16. The van der Waals surface area contributed by atoms with Gasteiger partial charge in [-0.3, -0.25) is 9.78 Å². The normalized spacial score (nSPS) is 14.3. The van der Waals surface area contributed by atoms with E-state index in [-0.39, 0.29) is 11.9 Å². The Labute approximate surface area is 89.9 Å². The number of aromatic nitrogens is 1. The number of hydrogen-bond acceptors (Lipinski definition) is 3. The van der Waals surface area contributed by atoms with E-state index in [9.17, 15) is 4.79 Å². The molecule has 0 saturated carbocycles. The highest BCUT2D eigenvalue weighted by Gasteiger charge is 2.14. The highest BCUT2D eigenvalue weighted by molar-refractivity contribution is 5.81. The van der Waals surface area contributed by atoms with Crippen LogP contribution in [-0.2, 0) is 4.79 Å². The Kier molecular flexibility index (Phi) is 4.24. The van der Waals surface area contributed by atoms with Gasteiger partial charge < -0.3 is 11.1 Å². The van der Waals surface area contributed by atoms with Gasteiger partial charge in [-0.05, 0) is 31.0 Å². The van der Waals surface area contributed by atoms with Crippen molar-refractivity contribution in [1.82, 2.24) is 10.3 Å². The van der Waals surface area contributed by atoms with Crippen molar-refractivity contribution in [3.63, 3.8) is 0 Å². The van der Waals surface area contributed by atoms with E-state index in [1.807, 2.05) is 26.0 Å². The maximum Gasteiger partial charge on any atom is 0.237 e. The van der Waals surface area contributed by atoms with Gasteiger partial charge in [0, 0.05) is 12.4 Å². The molecule has 2 unspecified atom stereocenters. The van der Waals surface area contributed by atoms with Crippen LogP contribution in [-0.4, -0.2) is 16.9 Å². The molecular formula is C11H17N3O. The highest BCUT2D eigenvalue weighted by atomic mass is 16.2. The summed E-state index contributed by atoms with van der Waals surface area (Å²) in [6, 6.07) is 3.30. The molecule has 1 aromatic heterocycles. The fourth-order valence-electron chi connectivity index (χ4n) is 1.24. The summed E-state index contributed by atoms with van der Waals surface area (Å²) in [5, 5.41) is 2.86. The number of amides is 1. The molecule has 2 atom stereocenters. The minimum absolute atomic E-state index is 0.0295. The summed E-state index contributed by atoms with van der Waals surface area (Å²) >= 11 is 0. The van der Waals surface area contributed by atoms with Crippen molar-refractivity contribution in [3.8, 4) is 0 Å². The SMILES string of the molecule is CCC(N)C(=O)NC(C)c1ccncc1. The van der Waals surface area contributed by atoms with Crippen molar-refractivity contribution < 1.29 is 4.79 Å². The van der Waals surface area contributed by atoms with E-state index < -0.39 is 6.04 Å². The van der Waals surface area contributed by atoms with Gasteiger partial charge in [0.25, 0.3) is 0 Å². The average molecular weight is 207 g/mol. The van der Waals surface area contributed by atoms with Crippen LogP contribution in [0.4, 0.5) is 0 Å². The van der Waals surface area contributed by atoms with Crippen molar-refractivity contribution >= 4 is 5.91 Å². The van der Waals surface area contributed by atoms with Gasteiger partial charge in [0.05, 0.1) is 12.1 Å². The number of nitrogens with one attached hydrogen (secondary N) is 1. The average Bonchev–Trinajstić information content (AvgIpc) is 2.29. The summed E-state index contributed by atoms with van der Waals surface area (Å²) in [5.41, 5.74) is 6.65. The fourth-order valence-corrected chi connectivity index (χ4v) is 1.24. The predicted molar refractivity (Wildman–Crippen MR) is 59.1 cm³/mol. The number of carbonyl (C=O) groups excluding carboxylic acids is 1. The van der Waals surface area contributed by atoms with Gasteiger partial charge in [-0.1, -0.05) is 6.92 Å². The van der Waals surface area contributed by atoms with Crippen LogP contribution in [0.3, 0.4) is 0 Å². The van der Waals surface area contributed by atoms with Crippen molar-refractivity contribution in [3.05, 3.63) is 30.1 Å². The zero-order valence-electron chi connectivity index (χ0n) is 9.10. The van der Waals surface area contributed by atoms with Crippen molar-refractivity contribution in [2.45, 2.75) is 32.4 Å². The molecule has 82 valence electrons. The minimum atomic E-state index is -0.422. The van der Waals surface area contributed by atoms with Crippen LogP contribution in [0.5, 0.6) is 0 Å². The lowest BCUT2D eigenvalue weighted by Crippen LogP contribution is -2.41. The monoisotopic (exact) mass is 207 g/mol. The Bertz CT molecular complexity index is 313. The molecule has 4 nitrogen and oxygen atoms in total. The lowest BCUT2D eigenvalue weighted by molar-refractivity contribution is -0.123. The Morgan fingerprint density at radius 3 is 2.67 bits per heavy atom. The number of carbonyl (C=O) groups is 1. The molecule has 0 bridgehead atoms. The molecule has 1 rings (SSSR count). The Morgan fingerprint density at radius 1 is 1.53 bits per heavy atom. The molecule has 0 aromatic carbocycles. The third-order valence-electron chi connectivity index (χ3n) is 2.34. The van der Waals surface area contributed by atoms with E-state index in [4.69, 9.17) is 5.73 Å². The predicted octanol–water partition coefficient (Wildman–Crippen LogP) is 0.996. The molecular weight excluding hydrogens is 190 g/mol. The van der Waals surface area contributed by atoms with Gasteiger partial charge in [0.1, 0.15) is 0 Å². The third kappa shape index (κ3) is 3.32. The zero-order valence-corrected chi connectivity index (χ0v) is 9.10. The Morgan fingerprint density at radius 2 is 2.13 bits per heavy atom. The second kappa shape index (κ2) is 5.46. The van der Waals surface area contributed by atoms with E-state index in [1.54, 1.807) is 12.4 Å². The van der Waals surface area contributed by atoms with E-state index >= 15 is 0 Å². The van der Waals surface area contributed by atoms with Crippen molar-refractivity contribution in [2.24, 2.45) is 5.73 Å². The maximum atomic E-state index is 11.5. The summed E-state index contributed by atoms with van der Waals surface area (Å²) in [6.45, 7) is 3.82. The number of rotatable bonds is 4. The summed E-state index contributed by atoms with van der Waals surface area (Å²) in [5.74, 6) is -0.109. The molecule has 0 aliphatic carbocycles. The second-order valence-electron chi connectivity index (χ2n) is 3.53. The third-order valence-corrected chi connectivity index (χ3v) is 2.34. The first-order chi connectivity index (χ1) is 7.15. The molecule has 3 N–H and O–H groups in total. The lowest BCUT2D eigenvalue weighted by atomic mass is 10.1. The Hall–Kier alpha value is -1.42. The van der Waals surface area contributed by atoms with E-state index in [2.05, 4.69) is 10.3 Å². The van der Waals surface area contributed by atoms with Crippen LogP contribution in [0.2, 0.25) is 0 Å². The van der Waals surface area contributed by atoms with E-state index in [0.717, 1.165) is 5.56 Å². The van der Waals surface area contributed by atoms with Crippen LogP contribution in [0, 0.1) is 0 Å². The van der Waals surface area contributed by atoms with Crippen LogP contribution >= 0.6 is 0 Å². The summed E-state index contributed by atoms with van der Waals surface area (Å²) < 4.78 is 0. The van der Waals surface area contributed by atoms with Crippen molar-refractivity contribution in [1.29, 1.82) is 0 Å². The first-order valence-corrected chi connectivity index (χ1v) is 5.11. The van der Waals surface area contributed by atoms with Gasteiger partial charge in [-0.2, -0.15) is 0 Å². The smallest absolute Gasteiger partial charge is 0.237 e. The number of hydrogen-bond donors (Lipinski definition) is 2. The highest BCUT2D eigenvalue weighted by Crippen LogP contribution is 2.10. The van der Waals surface area contributed by atoms with Crippen LogP contribution in [0.1, 0.15) is 31.9 Å². The largest absolute Gasteiger partial charge is 0.348 e. The standard InChI is InChI=1S/C11H17N3O/c1-3-10(12)11(15)14-8(2)9-4-6-13-7-5-9/h4-8,10H,3,12H2,1-2H3,(H,14,15). The Balaban J connectivity index is 2.56. The maximum absolute atomic E-state index is 11.5.